The third kappa shape index (κ3) is 4.72. The van der Waals surface area contributed by atoms with Gasteiger partial charge in [0.25, 0.3) is 5.69 Å². The highest BCUT2D eigenvalue weighted by Crippen LogP contribution is 2.40. The summed E-state index contributed by atoms with van der Waals surface area (Å²) in [4.78, 5) is 23.3. The lowest BCUT2D eigenvalue weighted by atomic mass is 9.98. The Hall–Kier alpha value is -4.79. The van der Waals surface area contributed by atoms with E-state index in [1.165, 1.54) is 31.4 Å². The zero-order valence-corrected chi connectivity index (χ0v) is 20.2. The third-order valence-electron chi connectivity index (χ3n) is 5.72. The number of nitrogens with one attached hydrogen (secondary N) is 1. The van der Waals surface area contributed by atoms with Crippen molar-refractivity contribution in [3.05, 3.63) is 82.6 Å². The lowest BCUT2D eigenvalue weighted by Crippen LogP contribution is -2.10. The fourth-order valence-electron chi connectivity index (χ4n) is 3.95. The Labute approximate surface area is 207 Å². The highest BCUT2D eigenvalue weighted by atomic mass is 16.6. The summed E-state index contributed by atoms with van der Waals surface area (Å²) in [6, 6.07) is 15.3. The van der Waals surface area contributed by atoms with Crippen LogP contribution in [0.25, 0.3) is 27.7 Å². The number of carbonyl (C=O) groups is 1. The molecule has 1 heterocycles. The number of hydrogen-bond donors (Lipinski definition) is 1. The number of non-ortho nitro benzene ring substituents is 1. The first-order chi connectivity index (χ1) is 17.4. The van der Waals surface area contributed by atoms with E-state index < -0.39 is 10.8 Å². The van der Waals surface area contributed by atoms with E-state index in [0.717, 1.165) is 16.5 Å². The fourth-order valence-corrected chi connectivity index (χ4v) is 3.95. The molecule has 0 radical (unpaired) electrons. The molecule has 184 valence electrons. The molecule has 1 amide bonds. The Bertz CT molecular complexity index is 1490. The number of carbonyl (C=O) groups excluding carboxylic acids is 1. The van der Waals surface area contributed by atoms with Crippen molar-refractivity contribution in [2.75, 3.05) is 26.6 Å². The van der Waals surface area contributed by atoms with Gasteiger partial charge >= 0.3 is 0 Å². The number of nitro benzene ring substituents is 1. The number of rotatable bonds is 8. The molecule has 0 saturated heterocycles. The minimum Gasteiger partial charge on any atom is -0.496 e. The van der Waals surface area contributed by atoms with Crippen molar-refractivity contribution in [3.8, 4) is 28.4 Å². The largest absolute Gasteiger partial charge is 0.496 e. The number of allylic oxidation sites excluding steroid dienone is 1. The van der Waals surface area contributed by atoms with Crippen LogP contribution in [0.3, 0.4) is 0 Å². The van der Waals surface area contributed by atoms with Crippen LogP contribution in [0.1, 0.15) is 12.5 Å². The molecule has 0 fully saturated rings. The van der Waals surface area contributed by atoms with Crippen LogP contribution in [-0.4, -0.2) is 32.2 Å². The van der Waals surface area contributed by atoms with E-state index >= 15 is 0 Å². The normalized spacial score (nSPS) is 11.3. The van der Waals surface area contributed by atoms with Gasteiger partial charge in [0.15, 0.2) is 0 Å². The van der Waals surface area contributed by atoms with E-state index in [4.69, 9.17) is 18.6 Å². The number of nitrogens with zero attached hydrogens (tertiary/aromatic N) is 1. The van der Waals surface area contributed by atoms with Crippen molar-refractivity contribution in [3.63, 3.8) is 0 Å². The van der Waals surface area contributed by atoms with Crippen molar-refractivity contribution in [1.29, 1.82) is 0 Å². The maximum absolute atomic E-state index is 12.8. The number of benzene rings is 3. The number of methoxy groups -OCH3 is 3. The maximum Gasteiger partial charge on any atom is 0.273 e. The molecule has 0 spiro atoms. The van der Waals surface area contributed by atoms with Gasteiger partial charge in [0.2, 0.25) is 5.91 Å². The summed E-state index contributed by atoms with van der Waals surface area (Å²) in [6.45, 7) is 1.79. The number of fused-ring (bicyclic) bond motifs is 1. The van der Waals surface area contributed by atoms with Crippen LogP contribution in [0.15, 0.2) is 71.4 Å². The minimum atomic E-state index is -0.532. The highest BCUT2D eigenvalue weighted by Gasteiger charge is 2.18. The van der Waals surface area contributed by atoms with Crippen molar-refractivity contribution in [2.45, 2.75) is 6.92 Å². The summed E-state index contributed by atoms with van der Waals surface area (Å²) in [7, 11) is 4.53. The zero-order chi connectivity index (χ0) is 25.8. The van der Waals surface area contributed by atoms with Crippen LogP contribution < -0.4 is 19.5 Å². The monoisotopic (exact) mass is 488 g/mol. The van der Waals surface area contributed by atoms with Crippen LogP contribution in [0.4, 0.5) is 11.4 Å². The number of nitro groups is 1. The second-order valence-electron chi connectivity index (χ2n) is 7.86. The average molecular weight is 488 g/mol. The van der Waals surface area contributed by atoms with Crippen LogP contribution in [0.5, 0.6) is 17.2 Å². The molecule has 9 nitrogen and oxygen atoms in total. The third-order valence-corrected chi connectivity index (χ3v) is 5.72. The van der Waals surface area contributed by atoms with E-state index in [0.29, 0.717) is 33.9 Å². The van der Waals surface area contributed by atoms with Crippen molar-refractivity contribution in [1.82, 2.24) is 0 Å². The quantitative estimate of drug-likeness (QED) is 0.182. The average Bonchev–Trinajstić information content (AvgIpc) is 3.30. The van der Waals surface area contributed by atoms with Gasteiger partial charge in [-0.2, -0.15) is 0 Å². The molecule has 0 bridgehead atoms. The first kappa shape index (κ1) is 24.3. The molecule has 4 rings (SSSR count). The maximum atomic E-state index is 12.8. The zero-order valence-electron chi connectivity index (χ0n) is 20.2. The topological polar surface area (TPSA) is 113 Å². The number of furan rings is 1. The molecule has 36 heavy (non-hydrogen) atoms. The van der Waals surface area contributed by atoms with Crippen molar-refractivity contribution in [2.24, 2.45) is 0 Å². The lowest BCUT2D eigenvalue weighted by molar-refractivity contribution is -0.384. The molecule has 0 aliphatic heterocycles. The Morgan fingerprint density at radius 1 is 0.944 bits per heavy atom. The number of hydrogen-bond acceptors (Lipinski definition) is 7. The molecule has 4 aromatic rings. The number of anilines is 1. The molecule has 0 unspecified atom stereocenters. The van der Waals surface area contributed by atoms with Crippen LogP contribution >= 0.6 is 0 Å². The highest BCUT2D eigenvalue weighted by molar-refractivity contribution is 6.06. The van der Waals surface area contributed by atoms with Gasteiger partial charge in [-0.3, -0.25) is 14.9 Å². The van der Waals surface area contributed by atoms with Crippen LogP contribution in [0.2, 0.25) is 0 Å². The van der Waals surface area contributed by atoms with Gasteiger partial charge in [-0.15, -0.1) is 0 Å². The summed E-state index contributed by atoms with van der Waals surface area (Å²) in [6.07, 6.45) is 3.09. The molecule has 0 aliphatic carbocycles. The molecule has 0 saturated carbocycles. The molecular formula is C27H24N2O7. The SMILES string of the molecule is COc1cc([N+](=O)[O-])ccc1NC(=O)/C=C(\C)c1cc2c(-c3ccccc3OC)coc2cc1OC. The number of amides is 1. The minimum absolute atomic E-state index is 0.138. The molecule has 1 aromatic heterocycles. The second kappa shape index (κ2) is 10.2. The van der Waals surface area contributed by atoms with Gasteiger partial charge in [0, 0.05) is 40.3 Å². The molecule has 0 aliphatic rings. The summed E-state index contributed by atoms with van der Waals surface area (Å²) in [5.74, 6) is 1.00. The van der Waals surface area contributed by atoms with Gasteiger partial charge in [-0.05, 0) is 30.7 Å². The summed E-state index contributed by atoms with van der Waals surface area (Å²) >= 11 is 0. The summed E-state index contributed by atoms with van der Waals surface area (Å²) in [5, 5.41) is 14.6. The first-order valence-corrected chi connectivity index (χ1v) is 10.9. The Balaban J connectivity index is 1.70. The standard InChI is InChI=1S/C27H24N2O7/c1-16(11-27(30)28-22-10-9-17(29(31)32)12-26(22)35-4)19-13-20-21(15-36-25(20)14-24(19)34-3)18-7-5-6-8-23(18)33-2/h5-15H,1-4H3,(H,28,30)/b16-11+. The Morgan fingerprint density at radius 3 is 2.36 bits per heavy atom. The van der Waals surface area contributed by atoms with Gasteiger partial charge < -0.3 is 23.9 Å². The van der Waals surface area contributed by atoms with Crippen molar-refractivity contribution >= 4 is 33.8 Å². The van der Waals surface area contributed by atoms with E-state index in [1.54, 1.807) is 33.5 Å². The predicted octanol–water partition coefficient (Wildman–Crippen LogP) is 6.08. The molecular weight excluding hydrogens is 464 g/mol. The smallest absolute Gasteiger partial charge is 0.273 e. The Kier molecular flexibility index (Phi) is 6.91. The van der Waals surface area contributed by atoms with Crippen LogP contribution in [-0.2, 0) is 4.79 Å². The van der Waals surface area contributed by atoms with E-state index in [9.17, 15) is 14.9 Å². The lowest BCUT2D eigenvalue weighted by Gasteiger charge is -2.12. The van der Waals surface area contributed by atoms with Gasteiger partial charge in [-0.25, -0.2) is 0 Å². The molecule has 1 N–H and O–H groups in total. The summed E-state index contributed by atoms with van der Waals surface area (Å²) < 4.78 is 22.1. The fraction of sp³-hybridized carbons (Fsp3) is 0.148. The number of para-hydroxylation sites is 1. The van der Waals surface area contributed by atoms with E-state index in [1.807, 2.05) is 30.3 Å². The summed E-state index contributed by atoms with van der Waals surface area (Å²) in [5.41, 5.74) is 3.87. The van der Waals surface area contributed by atoms with Crippen LogP contribution in [0, 0.1) is 10.1 Å². The van der Waals surface area contributed by atoms with Gasteiger partial charge in [-0.1, -0.05) is 18.2 Å². The number of ether oxygens (including phenoxy) is 3. The Morgan fingerprint density at radius 2 is 1.67 bits per heavy atom. The van der Waals surface area contributed by atoms with E-state index in [2.05, 4.69) is 5.32 Å². The van der Waals surface area contributed by atoms with Gasteiger partial charge in [0.1, 0.15) is 22.8 Å². The molecule has 3 aromatic carbocycles. The predicted molar refractivity (Wildman–Crippen MR) is 137 cm³/mol. The van der Waals surface area contributed by atoms with E-state index in [-0.39, 0.29) is 11.4 Å². The van der Waals surface area contributed by atoms with Crippen molar-refractivity contribution < 1.29 is 28.3 Å². The second-order valence-corrected chi connectivity index (χ2v) is 7.86. The molecule has 0 atom stereocenters. The molecule has 9 heteroatoms. The first-order valence-electron chi connectivity index (χ1n) is 10.9. The van der Waals surface area contributed by atoms with Gasteiger partial charge in [0.05, 0.1) is 44.3 Å².